The second-order valence-electron chi connectivity index (χ2n) is 7.49. The summed E-state index contributed by atoms with van der Waals surface area (Å²) in [6.45, 7) is 3.68. The van der Waals surface area contributed by atoms with Crippen molar-refractivity contribution in [3.63, 3.8) is 0 Å². The Hall–Kier alpha value is -2.29. The number of carbonyl (C=O) groups excluding carboxylic acids is 1. The minimum atomic E-state index is -1.27. The Morgan fingerprint density at radius 1 is 1.00 bits per heavy atom. The highest BCUT2D eigenvalue weighted by Gasteiger charge is 2.57. The van der Waals surface area contributed by atoms with E-state index in [4.69, 9.17) is 23.7 Å². The lowest BCUT2D eigenvalue weighted by Crippen LogP contribution is -2.58. The van der Waals surface area contributed by atoms with Crippen LogP contribution in [0.1, 0.15) is 29.8 Å². The molecule has 0 saturated carbocycles. The predicted octanol–water partition coefficient (Wildman–Crippen LogP) is 2.62. The van der Waals surface area contributed by atoms with Gasteiger partial charge in [0.15, 0.2) is 18.2 Å². The molecule has 2 aliphatic heterocycles. The maximum Gasteiger partial charge on any atom is 0.338 e. The number of esters is 1. The van der Waals surface area contributed by atoms with Crippen molar-refractivity contribution in [1.82, 2.24) is 0 Å². The molecule has 4 rings (SSSR count). The van der Waals surface area contributed by atoms with Crippen LogP contribution in [0.2, 0.25) is 0 Å². The molecule has 0 spiro atoms. The van der Waals surface area contributed by atoms with Crippen molar-refractivity contribution < 1.29 is 33.6 Å². The SMILES string of the molecule is CC1(C)O[C@H]2[C@@H](O1)[C@H](O)O[C@@H](OCc1ccccc1)[C@@H]2OC(=O)c1ccccc1. The lowest BCUT2D eigenvalue weighted by Gasteiger charge is -2.39. The molecular formula is C22H24O7. The van der Waals surface area contributed by atoms with Gasteiger partial charge >= 0.3 is 5.97 Å². The van der Waals surface area contributed by atoms with E-state index in [0.717, 1.165) is 5.56 Å². The minimum Gasteiger partial charge on any atom is -0.450 e. The van der Waals surface area contributed by atoms with Gasteiger partial charge in [-0.15, -0.1) is 0 Å². The van der Waals surface area contributed by atoms with Gasteiger partial charge in [0.05, 0.1) is 12.2 Å². The lowest BCUT2D eigenvalue weighted by molar-refractivity contribution is -0.324. The van der Waals surface area contributed by atoms with Crippen LogP contribution in [0.4, 0.5) is 0 Å². The van der Waals surface area contributed by atoms with Crippen molar-refractivity contribution in [2.45, 2.75) is 57.1 Å². The summed E-state index contributed by atoms with van der Waals surface area (Å²) in [5.74, 6) is -1.48. The molecule has 2 saturated heterocycles. The summed E-state index contributed by atoms with van der Waals surface area (Å²) in [6, 6.07) is 18.2. The molecule has 5 atom stereocenters. The molecule has 0 unspecified atom stereocenters. The van der Waals surface area contributed by atoms with Gasteiger partial charge in [-0.2, -0.15) is 0 Å². The zero-order valence-corrected chi connectivity index (χ0v) is 16.3. The van der Waals surface area contributed by atoms with Crippen LogP contribution in [0.3, 0.4) is 0 Å². The van der Waals surface area contributed by atoms with Crippen LogP contribution in [0, 0.1) is 0 Å². The summed E-state index contributed by atoms with van der Waals surface area (Å²) in [5, 5.41) is 10.4. The molecule has 7 nitrogen and oxygen atoms in total. The number of hydrogen-bond donors (Lipinski definition) is 1. The third kappa shape index (κ3) is 4.49. The Bertz CT molecular complexity index is 824. The number of hydrogen-bond acceptors (Lipinski definition) is 7. The largest absolute Gasteiger partial charge is 0.450 e. The zero-order valence-electron chi connectivity index (χ0n) is 16.3. The summed E-state index contributed by atoms with van der Waals surface area (Å²) >= 11 is 0. The average Bonchev–Trinajstić information content (AvgIpc) is 3.06. The van der Waals surface area contributed by atoms with Gasteiger partial charge in [0, 0.05) is 0 Å². The average molecular weight is 400 g/mol. The number of aliphatic hydroxyl groups excluding tert-OH is 1. The normalized spacial score (nSPS) is 30.5. The van der Waals surface area contributed by atoms with Gasteiger partial charge in [-0.25, -0.2) is 4.79 Å². The highest BCUT2D eigenvalue weighted by molar-refractivity contribution is 5.89. The Kier molecular flexibility index (Phi) is 5.67. The number of carbonyl (C=O) groups is 1. The molecule has 0 amide bonds. The summed E-state index contributed by atoms with van der Waals surface area (Å²) < 4.78 is 28.9. The topological polar surface area (TPSA) is 83.5 Å². The smallest absolute Gasteiger partial charge is 0.338 e. The fourth-order valence-corrected chi connectivity index (χ4v) is 3.51. The Labute approximate surface area is 169 Å². The van der Waals surface area contributed by atoms with Crippen LogP contribution >= 0.6 is 0 Å². The minimum absolute atomic E-state index is 0.221. The van der Waals surface area contributed by atoms with E-state index in [-0.39, 0.29) is 6.61 Å². The van der Waals surface area contributed by atoms with E-state index in [1.165, 1.54) is 0 Å². The molecule has 0 aromatic heterocycles. The first-order valence-corrected chi connectivity index (χ1v) is 9.54. The number of benzene rings is 2. The fraction of sp³-hybridized carbons (Fsp3) is 0.409. The number of rotatable bonds is 5. The second-order valence-corrected chi connectivity index (χ2v) is 7.49. The zero-order chi connectivity index (χ0) is 20.4. The molecule has 7 heteroatoms. The quantitative estimate of drug-likeness (QED) is 0.773. The van der Waals surface area contributed by atoms with Crippen molar-refractivity contribution in [3.05, 3.63) is 71.8 Å². The van der Waals surface area contributed by atoms with Gasteiger partial charge < -0.3 is 28.8 Å². The van der Waals surface area contributed by atoms with Gasteiger partial charge in [0.1, 0.15) is 12.2 Å². The van der Waals surface area contributed by atoms with Crippen LogP contribution in [0.25, 0.3) is 0 Å². The molecule has 29 heavy (non-hydrogen) atoms. The highest BCUT2D eigenvalue weighted by atomic mass is 16.8. The Morgan fingerprint density at radius 2 is 1.62 bits per heavy atom. The van der Waals surface area contributed by atoms with Crippen LogP contribution in [-0.2, 0) is 30.3 Å². The molecule has 154 valence electrons. The maximum atomic E-state index is 12.7. The number of aliphatic hydroxyl groups is 1. The van der Waals surface area contributed by atoms with Crippen molar-refractivity contribution in [3.8, 4) is 0 Å². The molecule has 2 aromatic rings. The number of fused-ring (bicyclic) bond motifs is 1. The van der Waals surface area contributed by atoms with E-state index >= 15 is 0 Å². The maximum absolute atomic E-state index is 12.7. The molecule has 0 bridgehead atoms. The van der Waals surface area contributed by atoms with Crippen molar-refractivity contribution in [1.29, 1.82) is 0 Å². The Balaban J connectivity index is 1.55. The van der Waals surface area contributed by atoms with E-state index in [9.17, 15) is 9.90 Å². The summed E-state index contributed by atoms with van der Waals surface area (Å²) in [6.07, 6.45) is -4.73. The molecule has 1 N–H and O–H groups in total. The van der Waals surface area contributed by atoms with Crippen molar-refractivity contribution in [2.75, 3.05) is 0 Å². The van der Waals surface area contributed by atoms with Crippen LogP contribution in [0.15, 0.2) is 60.7 Å². The van der Waals surface area contributed by atoms with E-state index in [1.54, 1.807) is 38.1 Å². The monoisotopic (exact) mass is 400 g/mol. The third-order valence-electron chi connectivity index (χ3n) is 4.82. The molecular weight excluding hydrogens is 376 g/mol. The van der Waals surface area contributed by atoms with E-state index in [1.807, 2.05) is 36.4 Å². The van der Waals surface area contributed by atoms with Crippen molar-refractivity contribution in [2.24, 2.45) is 0 Å². The number of ether oxygens (including phenoxy) is 5. The van der Waals surface area contributed by atoms with E-state index in [0.29, 0.717) is 5.56 Å². The predicted molar refractivity (Wildman–Crippen MR) is 102 cm³/mol. The van der Waals surface area contributed by atoms with Gasteiger partial charge in [-0.05, 0) is 31.5 Å². The molecule has 2 fully saturated rings. The second kappa shape index (κ2) is 8.22. The molecule has 0 aliphatic carbocycles. The van der Waals surface area contributed by atoms with Crippen LogP contribution in [-0.4, -0.2) is 47.8 Å². The third-order valence-corrected chi connectivity index (χ3v) is 4.82. The first-order chi connectivity index (χ1) is 13.9. The van der Waals surface area contributed by atoms with Gasteiger partial charge in [0.2, 0.25) is 6.29 Å². The highest BCUT2D eigenvalue weighted by Crippen LogP contribution is 2.38. The van der Waals surface area contributed by atoms with E-state index < -0.39 is 42.6 Å². The molecule has 2 aliphatic rings. The van der Waals surface area contributed by atoms with Gasteiger partial charge in [0.25, 0.3) is 0 Å². The van der Waals surface area contributed by atoms with Gasteiger partial charge in [-0.1, -0.05) is 48.5 Å². The van der Waals surface area contributed by atoms with E-state index in [2.05, 4.69) is 0 Å². The fourth-order valence-electron chi connectivity index (χ4n) is 3.51. The summed E-state index contributed by atoms with van der Waals surface area (Å²) in [4.78, 5) is 12.7. The van der Waals surface area contributed by atoms with Crippen LogP contribution < -0.4 is 0 Å². The van der Waals surface area contributed by atoms with Gasteiger partial charge in [-0.3, -0.25) is 0 Å². The lowest BCUT2D eigenvalue weighted by atomic mass is 10.0. The van der Waals surface area contributed by atoms with Crippen LogP contribution in [0.5, 0.6) is 0 Å². The Morgan fingerprint density at radius 3 is 2.31 bits per heavy atom. The molecule has 0 radical (unpaired) electrons. The first kappa shape index (κ1) is 20.0. The van der Waals surface area contributed by atoms with Crippen molar-refractivity contribution >= 4 is 5.97 Å². The standard InChI is InChI=1S/C22H24O7/c1-22(2)28-16-17(29-22)20(24)27-21(25-13-14-9-5-3-6-10-14)18(16)26-19(23)15-11-7-4-8-12-15/h3-12,16-18,20-21,24H,13H2,1-2H3/t16-,17+,18+,20+,21+/m0/s1. The first-order valence-electron chi connectivity index (χ1n) is 9.54. The molecule has 2 heterocycles. The summed E-state index contributed by atoms with van der Waals surface area (Å²) in [5.41, 5.74) is 1.32. The molecule has 2 aromatic carbocycles. The summed E-state index contributed by atoms with van der Waals surface area (Å²) in [7, 11) is 0.